The van der Waals surface area contributed by atoms with Gasteiger partial charge in [-0.15, -0.1) is 0 Å². The summed E-state index contributed by atoms with van der Waals surface area (Å²) in [6.07, 6.45) is 1.26. The van der Waals surface area contributed by atoms with Crippen molar-refractivity contribution in [1.29, 1.82) is 0 Å². The Bertz CT molecular complexity index is 1390. The number of hydrogen-bond donors (Lipinski definition) is 1. The summed E-state index contributed by atoms with van der Waals surface area (Å²) in [6.45, 7) is 4.34. The van der Waals surface area contributed by atoms with Crippen molar-refractivity contribution in [1.82, 2.24) is 5.32 Å². The first-order chi connectivity index (χ1) is 17.3. The van der Waals surface area contributed by atoms with E-state index in [1.165, 1.54) is 30.3 Å². The highest BCUT2D eigenvalue weighted by Gasteiger charge is 2.38. The summed E-state index contributed by atoms with van der Waals surface area (Å²) in [6, 6.07) is 15.1. The van der Waals surface area contributed by atoms with Crippen molar-refractivity contribution in [2.75, 3.05) is 11.5 Å². The number of amides is 4. The number of barbiturate groups is 1. The fourth-order valence-electron chi connectivity index (χ4n) is 3.71. The van der Waals surface area contributed by atoms with Crippen LogP contribution < -0.4 is 19.7 Å². The van der Waals surface area contributed by atoms with Gasteiger partial charge in [0.25, 0.3) is 11.8 Å². The summed E-state index contributed by atoms with van der Waals surface area (Å²) in [5.74, 6) is -2.04. The average Bonchev–Trinajstić information content (AvgIpc) is 2.82. The van der Waals surface area contributed by atoms with Crippen molar-refractivity contribution in [3.8, 4) is 11.5 Å². The normalized spacial score (nSPS) is 14.7. The third kappa shape index (κ3) is 5.23. The number of ether oxygens (including phenoxy) is 2. The lowest BCUT2D eigenvalue weighted by Crippen LogP contribution is -2.54. The molecular formula is C27H22ClFN2O5. The number of nitrogens with one attached hydrogen (secondary N) is 1. The molecule has 0 atom stereocenters. The van der Waals surface area contributed by atoms with Crippen LogP contribution in [0.2, 0.25) is 5.02 Å². The van der Waals surface area contributed by atoms with Crippen molar-refractivity contribution in [3.63, 3.8) is 0 Å². The highest BCUT2D eigenvalue weighted by molar-refractivity contribution is 6.39. The van der Waals surface area contributed by atoms with E-state index >= 15 is 0 Å². The second-order valence-corrected chi connectivity index (χ2v) is 8.36. The van der Waals surface area contributed by atoms with Gasteiger partial charge in [-0.05, 0) is 55.3 Å². The molecule has 4 amide bonds. The van der Waals surface area contributed by atoms with Crippen molar-refractivity contribution < 1.29 is 28.2 Å². The predicted octanol–water partition coefficient (Wildman–Crippen LogP) is 5.43. The topological polar surface area (TPSA) is 84.9 Å². The molecule has 3 aromatic rings. The quantitative estimate of drug-likeness (QED) is 0.340. The minimum Gasteiger partial charge on any atom is -0.490 e. The van der Waals surface area contributed by atoms with Crippen LogP contribution in [0, 0.1) is 12.7 Å². The lowest BCUT2D eigenvalue weighted by atomic mass is 10.1. The Balaban J connectivity index is 1.67. The van der Waals surface area contributed by atoms with Gasteiger partial charge in [0.2, 0.25) is 0 Å². The van der Waals surface area contributed by atoms with Crippen LogP contribution in [0.15, 0.2) is 66.2 Å². The van der Waals surface area contributed by atoms with E-state index in [-0.39, 0.29) is 22.9 Å². The summed E-state index contributed by atoms with van der Waals surface area (Å²) >= 11 is 6.49. The SMILES string of the molecule is CCOc1cc(/C=C2/C(=O)NC(=O)N(c3ccccc3F)C2=O)cc(Cl)c1OCc1cccc(C)c1. The zero-order chi connectivity index (χ0) is 25.8. The maximum absolute atomic E-state index is 14.3. The molecule has 9 heteroatoms. The first-order valence-electron chi connectivity index (χ1n) is 11.1. The van der Waals surface area contributed by atoms with E-state index in [2.05, 4.69) is 5.32 Å². The van der Waals surface area contributed by atoms with Gasteiger partial charge >= 0.3 is 6.03 Å². The summed E-state index contributed by atoms with van der Waals surface area (Å²) in [5, 5.41) is 2.27. The van der Waals surface area contributed by atoms with Gasteiger partial charge < -0.3 is 9.47 Å². The van der Waals surface area contributed by atoms with Crippen LogP contribution in [-0.4, -0.2) is 24.5 Å². The molecule has 0 aliphatic carbocycles. The number of hydrogen-bond acceptors (Lipinski definition) is 5. The van der Waals surface area contributed by atoms with Gasteiger partial charge in [0.05, 0.1) is 17.3 Å². The average molecular weight is 509 g/mol. The minimum absolute atomic E-state index is 0.200. The number of para-hydroxylation sites is 1. The molecule has 7 nitrogen and oxygen atoms in total. The molecule has 0 bridgehead atoms. The number of anilines is 1. The van der Waals surface area contributed by atoms with E-state index in [1.807, 2.05) is 31.2 Å². The van der Waals surface area contributed by atoms with Gasteiger partial charge in [-0.1, -0.05) is 53.6 Å². The molecule has 1 aliphatic heterocycles. The van der Waals surface area contributed by atoms with Gasteiger partial charge in [0.15, 0.2) is 11.5 Å². The molecule has 4 rings (SSSR count). The Kier molecular flexibility index (Phi) is 7.36. The van der Waals surface area contributed by atoms with E-state index in [1.54, 1.807) is 13.0 Å². The van der Waals surface area contributed by atoms with Crippen molar-refractivity contribution in [2.24, 2.45) is 0 Å². The van der Waals surface area contributed by atoms with Gasteiger partial charge in [-0.25, -0.2) is 14.1 Å². The standard InChI is InChI=1S/C27H22ClFN2O5/c1-3-35-23-14-18(13-20(28)24(23)36-15-17-8-6-7-16(2)11-17)12-19-25(32)30-27(34)31(26(19)33)22-10-5-4-9-21(22)29/h4-14H,3,15H2,1-2H3,(H,30,32,34)/b19-12-. The molecule has 1 aliphatic rings. The third-order valence-corrected chi connectivity index (χ3v) is 5.58. The van der Waals surface area contributed by atoms with E-state index in [0.717, 1.165) is 17.2 Å². The number of carbonyl (C=O) groups is 3. The molecule has 0 radical (unpaired) electrons. The molecular weight excluding hydrogens is 487 g/mol. The smallest absolute Gasteiger partial charge is 0.336 e. The largest absolute Gasteiger partial charge is 0.490 e. The van der Waals surface area contributed by atoms with Crippen LogP contribution in [0.4, 0.5) is 14.9 Å². The molecule has 0 spiro atoms. The highest BCUT2D eigenvalue weighted by Crippen LogP contribution is 2.38. The molecule has 184 valence electrons. The number of benzene rings is 3. The Hall–Kier alpha value is -4.17. The first kappa shape index (κ1) is 24.9. The Morgan fingerprint density at radius 2 is 1.81 bits per heavy atom. The zero-order valence-corrected chi connectivity index (χ0v) is 20.3. The lowest BCUT2D eigenvalue weighted by Gasteiger charge is -2.26. The maximum Gasteiger partial charge on any atom is 0.336 e. The molecule has 0 saturated carbocycles. The number of urea groups is 1. The van der Waals surface area contributed by atoms with E-state index in [0.29, 0.717) is 28.6 Å². The van der Waals surface area contributed by atoms with E-state index < -0.39 is 23.7 Å². The van der Waals surface area contributed by atoms with Gasteiger partial charge in [0.1, 0.15) is 18.0 Å². The lowest BCUT2D eigenvalue weighted by molar-refractivity contribution is -0.122. The monoisotopic (exact) mass is 508 g/mol. The second kappa shape index (κ2) is 10.6. The molecule has 0 aromatic heterocycles. The summed E-state index contributed by atoms with van der Waals surface area (Å²) in [4.78, 5) is 38.5. The van der Waals surface area contributed by atoms with Crippen LogP contribution in [0.5, 0.6) is 11.5 Å². The van der Waals surface area contributed by atoms with Crippen molar-refractivity contribution >= 4 is 41.2 Å². The van der Waals surface area contributed by atoms with Gasteiger partial charge in [-0.3, -0.25) is 14.9 Å². The summed E-state index contributed by atoms with van der Waals surface area (Å²) < 4.78 is 25.9. The molecule has 1 saturated heterocycles. The number of rotatable bonds is 7. The zero-order valence-electron chi connectivity index (χ0n) is 19.5. The van der Waals surface area contributed by atoms with Crippen molar-refractivity contribution in [2.45, 2.75) is 20.5 Å². The van der Waals surface area contributed by atoms with Gasteiger partial charge in [-0.2, -0.15) is 0 Å². The van der Waals surface area contributed by atoms with Crippen LogP contribution in [0.25, 0.3) is 6.08 Å². The Labute approximate surface area is 212 Å². The number of nitrogens with zero attached hydrogens (tertiary/aromatic N) is 1. The minimum atomic E-state index is -1.04. The van der Waals surface area contributed by atoms with Crippen LogP contribution in [0.3, 0.4) is 0 Å². The fourth-order valence-corrected chi connectivity index (χ4v) is 3.98. The van der Waals surface area contributed by atoms with Crippen LogP contribution in [-0.2, 0) is 16.2 Å². The number of carbonyl (C=O) groups excluding carboxylic acids is 3. The first-order valence-corrected chi connectivity index (χ1v) is 11.5. The van der Waals surface area contributed by atoms with Crippen LogP contribution in [0.1, 0.15) is 23.6 Å². The molecule has 1 fully saturated rings. The summed E-state index contributed by atoms with van der Waals surface area (Å²) in [7, 11) is 0. The highest BCUT2D eigenvalue weighted by atomic mass is 35.5. The van der Waals surface area contributed by atoms with E-state index in [9.17, 15) is 18.8 Å². The maximum atomic E-state index is 14.3. The number of halogens is 2. The van der Waals surface area contributed by atoms with Gasteiger partial charge in [0, 0.05) is 0 Å². The van der Waals surface area contributed by atoms with E-state index in [4.69, 9.17) is 21.1 Å². The molecule has 1 heterocycles. The van der Waals surface area contributed by atoms with Crippen molar-refractivity contribution in [3.05, 3.63) is 93.8 Å². The number of imide groups is 2. The number of aryl methyl sites for hydroxylation is 1. The molecule has 36 heavy (non-hydrogen) atoms. The third-order valence-electron chi connectivity index (χ3n) is 5.30. The second-order valence-electron chi connectivity index (χ2n) is 7.95. The molecule has 3 aromatic carbocycles. The molecule has 1 N–H and O–H groups in total. The predicted molar refractivity (Wildman–Crippen MR) is 134 cm³/mol. The Morgan fingerprint density at radius 1 is 1.03 bits per heavy atom. The summed E-state index contributed by atoms with van der Waals surface area (Å²) in [5.41, 5.74) is 1.75. The Morgan fingerprint density at radius 3 is 2.53 bits per heavy atom. The van der Waals surface area contributed by atoms with Crippen LogP contribution >= 0.6 is 11.6 Å². The fraction of sp³-hybridized carbons (Fsp3) is 0.148. The molecule has 0 unspecified atom stereocenters.